The van der Waals surface area contributed by atoms with E-state index in [-0.39, 0.29) is 18.1 Å². The van der Waals surface area contributed by atoms with Gasteiger partial charge in [0.1, 0.15) is 0 Å². The molecule has 100 valence electrons. The Morgan fingerprint density at radius 1 is 1.33 bits per heavy atom. The van der Waals surface area contributed by atoms with Gasteiger partial charge in [0.25, 0.3) is 10.0 Å². The van der Waals surface area contributed by atoms with Crippen LogP contribution in [0.15, 0.2) is 23.4 Å². The Kier molecular flexibility index (Phi) is 4.37. The van der Waals surface area contributed by atoms with Crippen LogP contribution >= 0.6 is 11.6 Å². The van der Waals surface area contributed by atoms with E-state index in [0.29, 0.717) is 17.4 Å². The fourth-order valence-electron chi connectivity index (χ4n) is 1.64. The van der Waals surface area contributed by atoms with Crippen molar-refractivity contribution in [1.29, 1.82) is 0 Å². The summed E-state index contributed by atoms with van der Waals surface area (Å²) in [7, 11) is -4.47. The van der Waals surface area contributed by atoms with E-state index >= 15 is 0 Å². The summed E-state index contributed by atoms with van der Waals surface area (Å²) in [6.45, 7) is 0.571. The second-order valence-corrected chi connectivity index (χ2v) is 7.74. The average molecular weight is 309 g/mol. The van der Waals surface area contributed by atoms with Crippen molar-refractivity contribution in [2.24, 2.45) is 0 Å². The van der Waals surface area contributed by atoms with E-state index in [2.05, 4.69) is 4.98 Å². The minimum absolute atomic E-state index is 0.0176. The van der Waals surface area contributed by atoms with Crippen molar-refractivity contribution in [2.45, 2.75) is 10.9 Å². The molecule has 0 unspecified atom stereocenters. The summed E-state index contributed by atoms with van der Waals surface area (Å²) < 4.78 is 37.0. The first-order chi connectivity index (χ1) is 8.54. The predicted octanol–water partition coefficient (Wildman–Crippen LogP) is 0.573. The number of nitrogens with zero attached hydrogens (tertiary/aromatic N) is 2. The molecule has 18 heavy (non-hydrogen) atoms. The molecule has 0 bridgehead atoms. The van der Waals surface area contributed by atoms with E-state index in [9.17, 15) is 12.6 Å². The van der Waals surface area contributed by atoms with Crippen LogP contribution in [0.25, 0.3) is 0 Å². The summed E-state index contributed by atoms with van der Waals surface area (Å²) in [4.78, 5) is 3.93. The van der Waals surface area contributed by atoms with Crippen LogP contribution in [0, 0.1) is 0 Å². The smallest absolute Gasteiger partial charge is 0.259 e. The Hall–Kier alpha value is -0.500. The van der Waals surface area contributed by atoms with Gasteiger partial charge in [-0.25, -0.2) is 13.4 Å². The number of alkyl halides is 1. The number of pyridine rings is 1. The summed E-state index contributed by atoms with van der Waals surface area (Å²) in [6, 6.07) is 3.10. The van der Waals surface area contributed by atoms with Crippen LogP contribution < -0.4 is 0 Å². The van der Waals surface area contributed by atoms with Gasteiger partial charge in [0.15, 0.2) is 5.03 Å². The Balaban J connectivity index is 2.21. The lowest BCUT2D eigenvalue weighted by Gasteiger charge is -2.25. The van der Waals surface area contributed by atoms with Crippen LogP contribution in [-0.4, -0.2) is 46.5 Å². The molecule has 0 radical (unpaired) electrons. The van der Waals surface area contributed by atoms with Crippen molar-refractivity contribution < 1.29 is 12.6 Å². The van der Waals surface area contributed by atoms with E-state index in [1.165, 1.54) is 16.6 Å². The van der Waals surface area contributed by atoms with Gasteiger partial charge in [0.2, 0.25) is 0 Å². The highest BCUT2D eigenvalue weighted by molar-refractivity contribution is 7.89. The average Bonchev–Trinajstić information content (AvgIpc) is 2.39. The number of halogens is 1. The summed E-state index contributed by atoms with van der Waals surface area (Å²) in [5.74, 6) is 1.08. The second-order valence-electron chi connectivity index (χ2n) is 3.89. The van der Waals surface area contributed by atoms with E-state index in [4.69, 9.17) is 11.6 Å². The van der Waals surface area contributed by atoms with Crippen LogP contribution in [0.3, 0.4) is 0 Å². The third kappa shape index (κ3) is 2.90. The van der Waals surface area contributed by atoms with Crippen molar-refractivity contribution in [3.63, 3.8) is 0 Å². The molecule has 1 aliphatic heterocycles. The predicted molar refractivity (Wildman–Crippen MR) is 70.4 cm³/mol. The molecule has 0 aromatic carbocycles. The van der Waals surface area contributed by atoms with Gasteiger partial charge < -0.3 is 0 Å². The largest absolute Gasteiger partial charge is 0.260 e. The molecule has 1 aliphatic rings. The minimum atomic E-state index is -3.57. The first kappa shape index (κ1) is 13.9. The lowest BCUT2D eigenvalue weighted by Crippen LogP contribution is -2.41. The lowest BCUT2D eigenvalue weighted by molar-refractivity contribution is 0.436. The molecule has 0 amide bonds. The molecule has 1 saturated heterocycles. The van der Waals surface area contributed by atoms with Crippen molar-refractivity contribution in [3.05, 3.63) is 23.9 Å². The van der Waals surface area contributed by atoms with Gasteiger partial charge in [0, 0.05) is 47.5 Å². The third-order valence-corrected chi connectivity index (χ3v) is 6.09. The molecule has 8 heteroatoms. The van der Waals surface area contributed by atoms with Crippen LogP contribution in [0.1, 0.15) is 5.56 Å². The molecule has 0 spiro atoms. The molecule has 1 aromatic heterocycles. The lowest BCUT2D eigenvalue weighted by atomic mass is 10.3. The number of hydrogen-bond donors (Lipinski definition) is 0. The maximum atomic E-state index is 12.2. The summed E-state index contributed by atoms with van der Waals surface area (Å²) >= 11 is 5.62. The van der Waals surface area contributed by atoms with Gasteiger partial charge in [-0.1, -0.05) is 6.07 Å². The number of rotatable bonds is 3. The molecule has 0 atom stereocenters. The molecule has 0 N–H and O–H groups in total. The van der Waals surface area contributed by atoms with Crippen molar-refractivity contribution in [1.82, 2.24) is 9.29 Å². The monoisotopic (exact) mass is 308 g/mol. The first-order valence-corrected chi connectivity index (χ1v) is 8.86. The van der Waals surface area contributed by atoms with Crippen molar-refractivity contribution in [2.75, 3.05) is 24.6 Å². The highest BCUT2D eigenvalue weighted by Gasteiger charge is 2.28. The molecule has 2 rings (SSSR count). The topological polar surface area (TPSA) is 67.3 Å². The number of hydrogen-bond acceptors (Lipinski definition) is 4. The second kappa shape index (κ2) is 5.64. The molecule has 5 nitrogen and oxygen atoms in total. The summed E-state index contributed by atoms with van der Waals surface area (Å²) in [6.07, 6.45) is 1.46. The standard InChI is InChI=1S/C10H13ClN2O3S2/c11-7-9-1-2-10(12-8-9)18(15,16)13-3-5-17(14)6-4-13/h1-2,8H,3-7H2. The number of aromatic nitrogens is 1. The molecule has 1 fully saturated rings. The Labute approximate surface area is 114 Å². The Morgan fingerprint density at radius 2 is 2.00 bits per heavy atom. The van der Waals surface area contributed by atoms with E-state index in [1.54, 1.807) is 6.07 Å². The third-order valence-electron chi connectivity index (χ3n) is 2.69. The van der Waals surface area contributed by atoms with Crippen LogP contribution in [0.2, 0.25) is 0 Å². The molecule has 1 aromatic rings. The van der Waals surface area contributed by atoms with Gasteiger partial charge in [-0.3, -0.25) is 4.21 Å². The zero-order chi connectivity index (χ0) is 13.2. The van der Waals surface area contributed by atoms with E-state index < -0.39 is 20.8 Å². The molecule has 0 aliphatic carbocycles. The highest BCUT2D eigenvalue weighted by atomic mass is 35.5. The fraction of sp³-hybridized carbons (Fsp3) is 0.500. The van der Waals surface area contributed by atoms with Gasteiger partial charge in [-0.2, -0.15) is 4.31 Å². The van der Waals surface area contributed by atoms with E-state index in [0.717, 1.165) is 5.56 Å². The van der Waals surface area contributed by atoms with E-state index in [1.807, 2.05) is 0 Å². The molecular weight excluding hydrogens is 296 g/mol. The van der Waals surface area contributed by atoms with Crippen molar-refractivity contribution in [3.8, 4) is 0 Å². The molecule has 0 saturated carbocycles. The number of sulfonamides is 1. The maximum absolute atomic E-state index is 12.2. The molecular formula is C10H13ClN2O3S2. The normalized spacial score (nSPS) is 18.9. The van der Waals surface area contributed by atoms with Gasteiger partial charge in [-0.05, 0) is 11.6 Å². The Morgan fingerprint density at radius 3 is 2.50 bits per heavy atom. The summed E-state index contributed by atoms with van der Waals surface area (Å²) in [5.41, 5.74) is 0.773. The minimum Gasteiger partial charge on any atom is -0.259 e. The zero-order valence-electron chi connectivity index (χ0n) is 9.58. The SMILES string of the molecule is O=S1CCN(S(=O)(=O)c2ccc(CCl)cn2)CC1. The van der Waals surface area contributed by atoms with Crippen molar-refractivity contribution >= 4 is 32.4 Å². The Bertz CT molecular complexity index is 535. The highest BCUT2D eigenvalue weighted by Crippen LogP contribution is 2.16. The quantitative estimate of drug-likeness (QED) is 0.766. The first-order valence-electron chi connectivity index (χ1n) is 5.40. The van der Waals surface area contributed by atoms with Gasteiger partial charge in [-0.15, -0.1) is 11.6 Å². The van der Waals surface area contributed by atoms with Crippen LogP contribution in [-0.2, 0) is 26.7 Å². The fourth-order valence-corrected chi connectivity index (χ4v) is 4.43. The van der Waals surface area contributed by atoms with Crippen LogP contribution in [0.4, 0.5) is 0 Å². The van der Waals surface area contributed by atoms with Crippen LogP contribution in [0.5, 0.6) is 0 Å². The maximum Gasteiger partial charge on any atom is 0.260 e. The summed E-state index contributed by atoms with van der Waals surface area (Å²) in [5, 5.41) is 0.0176. The van der Waals surface area contributed by atoms with Gasteiger partial charge in [0.05, 0.1) is 0 Å². The zero-order valence-corrected chi connectivity index (χ0v) is 12.0. The van der Waals surface area contributed by atoms with Gasteiger partial charge >= 0.3 is 0 Å². The molecule has 2 heterocycles.